The van der Waals surface area contributed by atoms with Gasteiger partial charge in [0.25, 0.3) is 5.91 Å². The summed E-state index contributed by atoms with van der Waals surface area (Å²) in [7, 11) is 0. The lowest BCUT2D eigenvalue weighted by atomic mass is 9.77. The van der Waals surface area contributed by atoms with Crippen LogP contribution in [0.15, 0.2) is 48.5 Å². The van der Waals surface area contributed by atoms with Gasteiger partial charge in [0.1, 0.15) is 5.75 Å². The molecule has 9 heteroatoms. The molecule has 2 amide bonds. The molecule has 4 N–H and O–H groups in total. The van der Waals surface area contributed by atoms with Crippen molar-refractivity contribution in [3.63, 3.8) is 0 Å². The van der Waals surface area contributed by atoms with Gasteiger partial charge in [-0.15, -0.1) is 0 Å². The minimum Gasteiger partial charge on any atom is -0.490 e. The second-order valence-electron chi connectivity index (χ2n) is 10.9. The van der Waals surface area contributed by atoms with Crippen molar-refractivity contribution in [1.82, 2.24) is 5.32 Å². The molecule has 9 nitrogen and oxygen atoms in total. The lowest BCUT2D eigenvalue weighted by molar-refractivity contribution is -0.143. The highest BCUT2D eigenvalue weighted by molar-refractivity contribution is 5.95. The lowest BCUT2D eigenvalue weighted by Gasteiger charge is -2.28. The van der Waals surface area contributed by atoms with E-state index in [-0.39, 0.29) is 49.1 Å². The number of anilines is 1. The van der Waals surface area contributed by atoms with Gasteiger partial charge in [0.15, 0.2) is 0 Å². The number of carbonyl (C=O) groups excluding carboxylic acids is 2. The molecule has 2 fully saturated rings. The normalized spacial score (nSPS) is 22.6. The molecule has 0 unspecified atom stereocenters. The maximum Gasteiger partial charge on any atom is 0.306 e. The minimum atomic E-state index is -0.744. The van der Waals surface area contributed by atoms with Crippen LogP contribution in [0.2, 0.25) is 0 Å². The van der Waals surface area contributed by atoms with Gasteiger partial charge in [-0.3, -0.25) is 19.2 Å². The number of hydrogen-bond acceptors (Lipinski definition) is 5. The fraction of sp³-hybridized carbons (Fsp3) is 0.484. The van der Waals surface area contributed by atoms with Crippen LogP contribution in [-0.2, 0) is 14.4 Å². The Morgan fingerprint density at radius 2 is 1.45 bits per heavy atom. The number of nitrogens with one attached hydrogen (secondary N) is 2. The first-order valence-corrected chi connectivity index (χ1v) is 14.2. The second kappa shape index (κ2) is 14.0. The molecule has 2 aliphatic carbocycles. The van der Waals surface area contributed by atoms with Crippen LogP contribution >= 0.6 is 0 Å². The maximum absolute atomic E-state index is 12.5. The first-order chi connectivity index (χ1) is 19.3. The summed E-state index contributed by atoms with van der Waals surface area (Å²) < 4.78 is 5.95. The van der Waals surface area contributed by atoms with Crippen molar-refractivity contribution in [1.29, 1.82) is 0 Å². The zero-order valence-electron chi connectivity index (χ0n) is 22.6. The summed E-state index contributed by atoms with van der Waals surface area (Å²) in [5.41, 5.74) is 2.38. The van der Waals surface area contributed by atoms with Crippen LogP contribution in [0.3, 0.4) is 0 Å². The fourth-order valence-corrected chi connectivity index (χ4v) is 5.71. The van der Waals surface area contributed by atoms with E-state index >= 15 is 0 Å². The van der Waals surface area contributed by atoms with Crippen LogP contribution in [0.25, 0.3) is 0 Å². The zero-order chi connectivity index (χ0) is 28.5. The Bertz CT molecular complexity index is 1160. The number of aliphatic carboxylic acids is 2. The van der Waals surface area contributed by atoms with Gasteiger partial charge in [0.2, 0.25) is 5.91 Å². The van der Waals surface area contributed by atoms with Crippen LogP contribution in [0.4, 0.5) is 5.69 Å². The summed E-state index contributed by atoms with van der Waals surface area (Å²) in [6.45, 7) is 0.202. The molecule has 0 aliphatic heterocycles. The maximum atomic E-state index is 12.5. The summed E-state index contributed by atoms with van der Waals surface area (Å²) in [6.07, 6.45) is 6.80. The molecular formula is C31H38N2O7. The Kier molecular flexibility index (Phi) is 10.2. The lowest BCUT2D eigenvalue weighted by Crippen LogP contribution is -2.28. The largest absolute Gasteiger partial charge is 0.490 e. The molecule has 0 spiro atoms. The minimum absolute atomic E-state index is 0.0181. The Morgan fingerprint density at radius 1 is 0.800 bits per heavy atom. The molecule has 0 saturated heterocycles. The number of amides is 2. The average molecular weight is 551 g/mol. The number of hydrogen-bond donors (Lipinski definition) is 4. The van der Waals surface area contributed by atoms with E-state index in [4.69, 9.17) is 14.9 Å². The molecule has 0 atom stereocenters. The van der Waals surface area contributed by atoms with Gasteiger partial charge < -0.3 is 25.6 Å². The van der Waals surface area contributed by atoms with Gasteiger partial charge in [0.05, 0.1) is 12.0 Å². The van der Waals surface area contributed by atoms with E-state index in [2.05, 4.69) is 10.6 Å². The van der Waals surface area contributed by atoms with Crippen molar-refractivity contribution in [3.05, 3.63) is 59.7 Å². The van der Waals surface area contributed by atoms with E-state index in [0.717, 1.165) is 25.7 Å². The fourth-order valence-electron chi connectivity index (χ4n) is 5.71. The standard InChI is InChI=1S/C31H38N2O7/c34-28(33-25-11-5-22(6-12-25)21-3-1-20(2-4-21)19-29(35)36)17-18-32-30(37)23-7-13-26(14-8-23)40-27-15-9-24(10-16-27)31(38)39/h5-8,11-14,20-21,24,27H,1-4,9-10,15-19H2,(H,32,37)(H,33,34)(H,35,36)(H,38,39). The first kappa shape index (κ1) is 29.1. The molecule has 0 aromatic heterocycles. The van der Waals surface area contributed by atoms with Crippen LogP contribution in [-0.4, -0.2) is 46.6 Å². The van der Waals surface area contributed by atoms with Gasteiger partial charge in [-0.05, 0) is 105 Å². The Balaban J connectivity index is 1.14. The highest BCUT2D eigenvalue weighted by Crippen LogP contribution is 2.37. The van der Waals surface area contributed by atoms with Crippen molar-refractivity contribution in [2.75, 3.05) is 11.9 Å². The smallest absolute Gasteiger partial charge is 0.306 e. The molecule has 0 radical (unpaired) electrons. The topological polar surface area (TPSA) is 142 Å². The number of carboxylic acid groups (broad SMARTS) is 2. The quantitative estimate of drug-likeness (QED) is 0.301. The molecule has 2 aromatic carbocycles. The van der Waals surface area contributed by atoms with Crippen LogP contribution in [0, 0.1) is 11.8 Å². The summed E-state index contributed by atoms with van der Waals surface area (Å²) in [5.74, 6) is -0.889. The average Bonchev–Trinajstić information content (AvgIpc) is 2.94. The van der Waals surface area contributed by atoms with E-state index in [1.165, 1.54) is 5.56 Å². The third-order valence-electron chi connectivity index (χ3n) is 8.06. The third kappa shape index (κ3) is 8.56. The van der Waals surface area contributed by atoms with Crippen molar-refractivity contribution >= 4 is 29.4 Å². The number of benzene rings is 2. The highest BCUT2D eigenvalue weighted by Gasteiger charge is 2.27. The molecule has 2 saturated carbocycles. The summed E-state index contributed by atoms with van der Waals surface area (Å²) in [4.78, 5) is 46.9. The molecule has 2 aliphatic rings. The van der Waals surface area contributed by atoms with E-state index < -0.39 is 11.9 Å². The number of rotatable bonds is 11. The summed E-state index contributed by atoms with van der Waals surface area (Å²) >= 11 is 0. The summed E-state index contributed by atoms with van der Waals surface area (Å²) in [5, 5.41) is 23.7. The molecular weight excluding hydrogens is 512 g/mol. The van der Waals surface area contributed by atoms with Crippen LogP contribution < -0.4 is 15.4 Å². The number of ether oxygens (including phenoxy) is 1. The zero-order valence-corrected chi connectivity index (χ0v) is 22.6. The monoisotopic (exact) mass is 550 g/mol. The van der Waals surface area contributed by atoms with Crippen molar-refractivity contribution in [2.24, 2.45) is 11.8 Å². The molecule has 0 heterocycles. The van der Waals surface area contributed by atoms with Crippen LogP contribution in [0.1, 0.15) is 86.0 Å². The molecule has 4 rings (SSSR count). The van der Waals surface area contributed by atoms with Crippen molar-refractivity contribution in [3.8, 4) is 5.75 Å². The third-order valence-corrected chi connectivity index (χ3v) is 8.06. The van der Waals surface area contributed by atoms with Crippen LogP contribution in [0.5, 0.6) is 5.75 Å². The van der Waals surface area contributed by atoms with Gasteiger partial charge in [0, 0.05) is 30.6 Å². The van der Waals surface area contributed by atoms with E-state index in [1.807, 2.05) is 24.3 Å². The SMILES string of the molecule is O=C(O)CC1CCC(c2ccc(NC(=O)CCNC(=O)c3ccc(OC4CCC(C(=O)O)CC4)cc3)cc2)CC1. The Morgan fingerprint density at radius 3 is 2.05 bits per heavy atom. The second-order valence-corrected chi connectivity index (χ2v) is 10.9. The van der Waals surface area contributed by atoms with Gasteiger partial charge >= 0.3 is 11.9 Å². The highest BCUT2D eigenvalue weighted by atomic mass is 16.5. The van der Waals surface area contributed by atoms with Gasteiger partial charge in [-0.25, -0.2) is 0 Å². The van der Waals surface area contributed by atoms with Gasteiger partial charge in [-0.2, -0.15) is 0 Å². The van der Waals surface area contributed by atoms with Crippen molar-refractivity contribution < 1.29 is 34.1 Å². The number of carboxylic acids is 2. The molecule has 0 bridgehead atoms. The Hall–Kier alpha value is -3.88. The summed E-state index contributed by atoms with van der Waals surface area (Å²) in [6, 6.07) is 14.6. The van der Waals surface area contributed by atoms with E-state index in [1.54, 1.807) is 24.3 Å². The molecule has 214 valence electrons. The molecule has 40 heavy (non-hydrogen) atoms. The van der Waals surface area contributed by atoms with Crippen molar-refractivity contribution in [2.45, 2.75) is 76.2 Å². The Labute approximate surface area is 234 Å². The predicted octanol–water partition coefficient (Wildman–Crippen LogP) is 5.22. The first-order valence-electron chi connectivity index (χ1n) is 14.2. The number of carbonyl (C=O) groups is 4. The van der Waals surface area contributed by atoms with E-state index in [0.29, 0.717) is 48.6 Å². The predicted molar refractivity (Wildman–Crippen MR) is 149 cm³/mol. The van der Waals surface area contributed by atoms with Gasteiger partial charge in [-0.1, -0.05) is 12.1 Å². The molecule has 2 aromatic rings. The van der Waals surface area contributed by atoms with E-state index in [9.17, 15) is 19.2 Å².